The second-order valence-electron chi connectivity index (χ2n) is 14.0. The predicted molar refractivity (Wildman–Crippen MR) is 228 cm³/mol. The lowest BCUT2D eigenvalue weighted by Crippen LogP contribution is -1.96. The van der Waals surface area contributed by atoms with E-state index in [0.717, 1.165) is 99.9 Å². The summed E-state index contributed by atoms with van der Waals surface area (Å²) in [6, 6.07) is 67.2. The molecule has 0 unspecified atom stereocenters. The van der Waals surface area contributed by atoms with Crippen LogP contribution in [0.15, 0.2) is 199 Å². The number of hydrogen-bond acceptors (Lipinski definition) is 4. The smallest absolute Gasteiger partial charge is 0.160 e. The van der Waals surface area contributed by atoms with Crippen LogP contribution in [-0.4, -0.2) is 19.6 Å². The van der Waals surface area contributed by atoms with Crippen LogP contribution in [0.25, 0.3) is 106 Å². The van der Waals surface area contributed by atoms with Gasteiger partial charge in [0.15, 0.2) is 5.82 Å². The average Bonchev–Trinajstić information content (AvgIpc) is 3.87. The fourth-order valence-corrected chi connectivity index (χ4v) is 8.02. The van der Waals surface area contributed by atoms with Gasteiger partial charge in [-0.3, -0.25) is 0 Å². The summed E-state index contributed by atoms with van der Waals surface area (Å²) in [5, 5.41) is 9.80. The third-order valence-corrected chi connectivity index (χ3v) is 10.6. The van der Waals surface area contributed by atoms with Crippen molar-refractivity contribution in [1.82, 2.24) is 19.6 Å². The summed E-state index contributed by atoms with van der Waals surface area (Å²) >= 11 is 0. The van der Waals surface area contributed by atoms with Gasteiger partial charge in [-0.05, 0) is 35.2 Å². The molecule has 0 aliphatic carbocycles. The zero-order valence-corrected chi connectivity index (χ0v) is 30.2. The number of rotatable bonds is 6. The number of furan rings is 1. The highest BCUT2D eigenvalue weighted by Gasteiger charge is 2.22. The molecule has 11 rings (SSSR count). The van der Waals surface area contributed by atoms with E-state index in [0.29, 0.717) is 5.82 Å². The molecule has 0 fully saturated rings. The molecule has 0 saturated heterocycles. The lowest BCUT2D eigenvalue weighted by molar-refractivity contribution is 0.669. The van der Waals surface area contributed by atoms with Gasteiger partial charge in [0, 0.05) is 49.5 Å². The van der Waals surface area contributed by atoms with Gasteiger partial charge in [-0.1, -0.05) is 170 Å². The van der Waals surface area contributed by atoms with E-state index >= 15 is 0 Å². The van der Waals surface area contributed by atoms with E-state index in [9.17, 15) is 0 Å². The van der Waals surface area contributed by atoms with Crippen molar-refractivity contribution < 1.29 is 4.42 Å². The van der Waals surface area contributed by atoms with Gasteiger partial charge in [0.05, 0.1) is 22.6 Å². The van der Waals surface area contributed by atoms with Gasteiger partial charge in [0.25, 0.3) is 0 Å². The maximum absolute atomic E-state index is 6.27. The third-order valence-electron chi connectivity index (χ3n) is 10.6. The van der Waals surface area contributed by atoms with Crippen LogP contribution >= 0.6 is 0 Å². The van der Waals surface area contributed by atoms with E-state index in [4.69, 9.17) is 19.5 Å². The summed E-state index contributed by atoms with van der Waals surface area (Å²) in [6.45, 7) is 0. The van der Waals surface area contributed by atoms with Crippen LogP contribution in [0.5, 0.6) is 0 Å². The van der Waals surface area contributed by atoms with Crippen LogP contribution in [-0.2, 0) is 0 Å². The zero-order valence-electron chi connectivity index (χ0n) is 30.2. The van der Waals surface area contributed by atoms with E-state index in [2.05, 4.69) is 150 Å². The number of para-hydroxylation sites is 1. The molecule has 0 aliphatic rings. The Kier molecular flexibility index (Phi) is 7.42. The van der Waals surface area contributed by atoms with E-state index in [1.165, 1.54) is 0 Å². The van der Waals surface area contributed by atoms with Gasteiger partial charge in [0.2, 0.25) is 0 Å². The van der Waals surface area contributed by atoms with Crippen LogP contribution in [0.3, 0.4) is 0 Å². The molecule has 5 heteroatoms. The SMILES string of the molecule is c1ccc(-c2cc(-c3cccc4oc5ccccc5c34)nc(-c3ccc(-c4c(-c5ccccc5)nn5c(-c6ccccc6)cc6ccccc6c45)cc3)n2)cc1. The number of pyridine rings is 1. The minimum atomic E-state index is 0.651. The zero-order chi connectivity index (χ0) is 37.0. The maximum Gasteiger partial charge on any atom is 0.160 e. The summed E-state index contributed by atoms with van der Waals surface area (Å²) in [6.07, 6.45) is 0. The molecule has 0 N–H and O–H groups in total. The van der Waals surface area contributed by atoms with Gasteiger partial charge in [-0.25, -0.2) is 14.5 Å². The van der Waals surface area contributed by atoms with Crippen molar-refractivity contribution in [1.29, 1.82) is 0 Å². The fourth-order valence-electron chi connectivity index (χ4n) is 8.02. The quantitative estimate of drug-likeness (QED) is 0.172. The molecule has 5 nitrogen and oxygen atoms in total. The molecule has 11 aromatic rings. The number of aromatic nitrogens is 4. The van der Waals surface area contributed by atoms with Gasteiger partial charge in [0.1, 0.15) is 16.9 Å². The summed E-state index contributed by atoms with van der Waals surface area (Å²) in [5.74, 6) is 0.651. The molecular weight excluding hydrogens is 685 g/mol. The fraction of sp³-hybridized carbons (Fsp3) is 0. The number of hydrogen-bond donors (Lipinski definition) is 0. The molecule has 4 heterocycles. The first-order valence-corrected chi connectivity index (χ1v) is 18.8. The lowest BCUT2D eigenvalue weighted by Gasteiger charge is -2.12. The minimum absolute atomic E-state index is 0.651. The molecule has 0 bridgehead atoms. The Morgan fingerprint density at radius 3 is 1.80 bits per heavy atom. The van der Waals surface area contributed by atoms with Crippen molar-refractivity contribution >= 4 is 38.2 Å². The molecule has 0 radical (unpaired) electrons. The molecular formula is C51H32N4O. The highest BCUT2D eigenvalue weighted by molar-refractivity contribution is 6.12. The monoisotopic (exact) mass is 716 g/mol. The normalized spacial score (nSPS) is 11.6. The molecule has 0 aliphatic heterocycles. The molecule has 0 spiro atoms. The molecule has 262 valence electrons. The Bertz CT molecular complexity index is 3220. The van der Waals surface area contributed by atoms with E-state index < -0.39 is 0 Å². The topological polar surface area (TPSA) is 56.2 Å². The number of benzene rings is 7. The first kappa shape index (κ1) is 31.9. The Balaban J connectivity index is 1.12. The average molecular weight is 717 g/mol. The lowest BCUT2D eigenvalue weighted by atomic mass is 9.96. The first-order chi connectivity index (χ1) is 27.8. The predicted octanol–water partition coefficient (Wildman–Crippen LogP) is 13.2. The largest absolute Gasteiger partial charge is 0.456 e. The molecule has 0 saturated carbocycles. The first-order valence-electron chi connectivity index (χ1n) is 18.8. The van der Waals surface area contributed by atoms with Gasteiger partial charge in [-0.2, -0.15) is 5.10 Å². The van der Waals surface area contributed by atoms with Gasteiger partial charge >= 0.3 is 0 Å². The second kappa shape index (κ2) is 13.0. The van der Waals surface area contributed by atoms with Crippen molar-refractivity contribution in [2.24, 2.45) is 0 Å². The Morgan fingerprint density at radius 2 is 1.04 bits per heavy atom. The van der Waals surface area contributed by atoms with Gasteiger partial charge in [-0.15, -0.1) is 0 Å². The summed E-state index contributed by atoms with van der Waals surface area (Å²) in [4.78, 5) is 10.4. The Hall–Kier alpha value is -7.63. The summed E-state index contributed by atoms with van der Waals surface area (Å²) < 4.78 is 8.40. The summed E-state index contributed by atoms with van der Waals surface area (Å²) in [7, 11) is 0. The van der Waals surface area contributed by atoms with Crippen molar-refractivity contribution in [2.75, 3.05) is 0 Å². The number of fused-ring (bicyclic) bond motifs is 6. The maximum atomic E-state index is 6.27. The van der Waals surface area contributed by atoms with Crippen LogP contribution < -0.4 is 0 Å². The molecule has 56 heavy (non-hydrogen) atoms. The van der Waals surface area contributed by atoms with Crippen LogP contribution in [0.4, 0.5) is 0 Å². The van der Waals surface area contributed by atoms with E-state index in [1.54, 1.807) is 0 Å². The number of nitrogens with zero attached hydrogens (tertiary/aromatic N) is 4. The second-order valence-corrected chi connectivity index (χ2v) is 14.0. The Labute approximate surface area is 322 Å². The molecule has 7 aromatic carbocycles. The van der Waals surface area contributed by atoms with Crippen LogP contribution in [0, 0.1) is 0 Å². The van der Waals surface area contributed by atoms with E-state index in [-0.39, 0.29) is 0 Å². The van der Waals surface area contributed by atoms with Crippen molar-refractivity contribution in [3.05, 3.63) is 194 Å². The van der Waals surface area contributed by atoms with Crippen LogP contribution in [0.2, 0.25) is 0 Å². The minimum Gasteiger partial charge on any atom is -0.456 e. The highest BCUT2D eigenvalue weighted by atomic mass is 16.3. The van der Waals surface area contributed by atoms with Gasteiger partial charge < -0.3 is 4.42 Å². The molecule has 4 aromatic heterocycles. The third kappa shape index (κ3) is 5.29. The molecule has 0 amide bonds. The highest BCUT2D eigenvalue weighted by Crippen LogP contribution is 2.42. The van der Waals surface area contributed by atoms with Crippen molar-refractivity contribution in [3.8, 4) is 67.5 Å². The Morgan fingerprint density at radius 1 is 0.429 bits per heavy atom. The van der Waals surface area contributed by atoms with Crippen molar-refractivity contribution in [2.45, 2.75) is 0 Å². The summed E-state index contributed by atoms with van der Waals surface area (Å²) in [5.41, 5.74) is 13.7. The molecule has 0 atom stereocenters. The van der Waals surface area contributed by atoms with Crippen molar-refractivity contribution in [3.63, 3.8) is 0 Å². The standard InChI is InChI=1S/C51H32N4O/c1-4-15-33(16-5-1)42-32-43(40-24-14-26-46-48(40)41-23-12-13-25-45(41)56-46)53-51(52-42)37-29-27-35(28-30-37)47-49(36-19-8-3-9-20-36)54-55-44(34-17-6-2-7-18-34)31-38-21-10-11-22-39(38)50(47)55/h1-32H. The van der Waals surface area contributed by atoms with Crippen LogP contribution in [0.1, 0.15) is 0 Å². The van der Waals surface area contributed by atoms with E-state index in [1.807, 2.05) is 48.5 Å².